The first-order valence-electron chi connectivity index (χ1n) is 12.0. The van der Waals surface area contributed by atoms with E-state index in [2.05, 4.69) is 41.4 Å². The van der Waals surface area contributed by atoms with Crippen LogP contribution in [0.3, 0.4) is 0 Å². The van der Waals surface area contributed by atoms with E-state index < -0.39 is 0 Å². The van der Waals surface area contributed by atoms with Crippen LogP contribution in [0, 0.1) is 0 Å². The highest BCUT2D eigenvalue weighted by molar-refractivity contribution is 6.04. The van der Waals surface area contributed by atoms with Crippen molar-refractivity contribution in [2.24, 2.45) is 0 Å². The van der Waals surface area contributed by atoms with Crippen LogP contribution in [0.15, 0.2) is 59.5 Å². The van der Waals surface area contributed by atoms with Crippen LogP contribution in [0.1, 0.15) is 61.0 Å². The molecule has 0 atom stereocenters. The molecule has 0 spiro atoms. The third-order valence-corrected chi connectivity index (χ3v) is 6.89. The normalized spacial score (nSPS) is 14.9. The third-order valence-electron chi connectivity index (χ3n) is 6.89. The average molecular weight is 443 g/mol. The first kappa shape index (κ1) is 21.4. The molecule has 1 fully saturated rings. The van der Waals surface area contributed by atoms with Gasteiger partial charge in [0.25, 0.3) is 11.5 Å². The number of fused-ring (bicyclic) bond motifs is 2. The molecule has 3 heterocycles. The number of aromatic nitrogens is 3. The molecule has 0 radical (unpaired) electrons. The fourth-order valence-electron chi connectivity index (χ4n) is 5.03. The molecule has 0 bridgehead atoms. The van der Waals surface area contributed by atoms with Crippen molar-refractivity contribution in [2.45, 2.75) is 51.5 Å². The quantitative estimate of drug-likeness (QED) is 0.423. The number of unbranched alkanes of at least 4 members (excludes halogenated alkanes) is 2. The lowest BCUT2D eigenvalue weighted by Crippen LogP contribution is -2.39. The summed E-state index contributed by atoms with van der Waals surface area (Å²) < 4.78 is 1.49. The van der Waals surface area contributed by atoms with Crippen LogP contribution in [0.4, 0.5) is 0 Å². The maximum absolute atomic E-state index is 13.6. The summed E-state index contributed by atoms with van der Waals surface area (Å²) in [7, 11) is 0. The van der Waals surface area contributed by atoms with Gasteiger partial charge in [0.1, 0.15) is 0 Å². The van der Waals surface area contributed by atoms with Crippen molar-refractivity contribution in [1.29, 1.82) is 0 Å². The topological polar surface area (TPSA) is 71.0 Å². The monoisotopic (exact) mass is 442 g/mol. The molecular weight excluding hydrogens is 412 g/mol. The first-order chi connectivity index (χ1) is 16.2. The lowest BCUT2D eigenvalue weighted by Gasteiger charge is -2.32. The Balaban J connectivity index is 1.39. The van der Waals surface area contributed by atoms with E-state index in [4.69, 9.17) is 0 Å². The standard InChI is InChI=1S/C27H30N4O2/c1-2-3-8-15-31-26(32)22-11-5-4-10-21(22)25(29-31)27(33)30-16-13-19(14-17-30)23-18-28-24-12-7-6-9-20(23)24/h4-7,9-12,18-19,28H,2-3,8,13-17H2,1H3. The average Bonchev–Trinajstić information content (AvgIpc) is 3.29. The molecule has 6 nitrogen and oxygen atoms in total. The van der Waals surface area contributed by atoms with Gasteiger partial charge in [0.2, 0.25) is 0 Å². The van der Waals surface area contributed by atoms with Gasteiger partial charge in [0, 0.05) is 42.1 Å². The van der Waals surface area contributed by atoms with Crippen LogP contribution in [-0.4, -0.2) is 38.7 Å². The van der Waals surface area contributed by atoms with Gasteiger partial charge in [-0.25, -0.2) is 4.68 Å². The Hall–Kier alpha value is -3.41. The first-order valence-corrected chi connectivity index (χ1v) is 12.0. The van der Waals surface area contributed by atoms with Crippen molar-refractivity contribution in [1.82, 2.24) is 19.7 Å². The fourth-order valence-corrected chi connectivity index (χ4v) is 5.03. The molecule has 0 aliphatic carbocycles. The second-order valence-corrected chi connectivity index (χ2v) is 8.99. The minimum atomic E-state index is -0.115. The Morgan fingerprint density at radius 2 is 1.70 bits per heavy atom. The van der Waals surface area contributed by atoms with E-state index in [1.807, 2.05) is 29.2 Å². The highest BCUT2D eigenvalue weighted by atomic mass is 16.2. The van der Waals surface area contributed by atoms with Crippen LogP contribution >= 0.6 is 0 Å². The zero-order valence-electron chi connectivity index (χ0n) is 19.1. The molecule has 6 heteroatoms. The lowest BCUT2D eigenvalue weighted by molar-refractivity contribution is 0.0706. The number of aryl methyl sites for hydroxylation is 1. The summed E-state index contributed by atoms with van der Waals surface area (Å²) >= 11 is 0. The number of likely N-dealkylation sites (tertiary alicyclic amines) is 1. The van der Waals surface area contributed by atoms with Gasteiger partial charge < -0.3 is 9.88 Å². The van der Waals surface area contributed by atoms with Gasteiger partial charge in [-0.15, -0.1) is 0 Å². The zero-order chi connectivity index (χ0) is 22.8. The molecule has 1 aliphatic heterocycles. The predicted molar refractivity (Wildman–Crippen MR) is 132 cm³/mol. The number of rotatable bonds is 6. The highest BCUT2D eigenvalue weighted by Gasteiger charge is 2.28. The number of nitrogens with zero attached hydrogens (tertiary/aromatic N) is 3. The molecule has 5 rings (SSSR count). The summed E-state index contributed by atoms with van der Waals surface area (Å²) in [5.74, 6) is 0.353. The van der Waals surface area contributed by atoms with Gasteiger partial charge in [-0.2, -0.15) is 5.10 Å². The Labute approximate surface area is 193 Å². The molecule has 170 valence electrons. The molecule has 0 saturated carbocycles. The summed E-state index contributed by atoms with van der Waals surface area (Å²) in [4.78, 5) is 31.8. The van der Waals surface area contributed by atoms with E-state index in [0.29, 0.717) is 42.0 Å². The molecule has 1 aliphatic rings. The molecular formula is C27H30N4O2. The van der Waals surface area contributed by atoms with Crippen LogP contribution in [-0.2, 0) is 6.54 Å². The van der Waals surface area contributed by atoms with Crippen molar-refractivity contribution < 1.29 is 4.79 Å². The molecule has 1 N–H and O–H groups in total. The van der Waals surface area contributed by atoms with Crippen LogP contribution < -0.4 is 5.56 Å². The molecule has 33 heavy (non-hydrogen) atoms. The smallest absolute Gasteiger partial charge is 0.274 e. The van der Waals surface area contributed by atoms with E-state index in [1.165, 1.54) is 15.6 Å². The van der Waals surface area contributed by atoms with Crippen LogP contribution in [0.25, 0.3) is 21.7 Å². The Bertz CT molecular complexity index is 1350. The van der Waals surface area contributed by atoms with Crippen molar-refractivity contribution in [3.8, 4) is 0 Å². The number of H-pyrrole nitrogens is 1. The summed E-state index contributed by atoms with van der Waals surface area (Å²) in [5, 5.41) is 7.06. The number of benzene rings is 2. The number of nitrogens with one attached hydrogen (secondary N) is 1. The minimum absolute atomic E-state index is 0.0761. The largest absolute Gasteiger partial charge is 0.361 e. The maximum atomic E-state index is 13.6. The molecule has 1 saturated heterocycles. The number of piperidine rings is 1. The van der Waals surface area contributed by atoms with Crippen molar-refractivity contribution >= 4 is 27.6 Å². The van der Waals surface area contributed by atoms with Crippen LogP contribution in [0.2, 0.25) is 0 Å². The van der Waals surface area contributed by atoms with E-state index in [9.17, 15) is 9.59 Å². The Kier molecular flexibility index (Phi) is 5.99. The molecule has 4 aromatic rings. The van der Waals surface area contributed by atoms with E-state index >= 15 is 0 Å². The Morgan fingerprint density at radius 1 is 1.00 bits per heavy atom. The van der Waals surface area contributed by atoms with Crippen LogP contribution in [0.5, 0.6) is 0 Å². The van der Waals surface area contributed by atoms with Gasteiger partial charge in [0.05, 0.1) is 5.39 Å². The van der Waals surface area contributed by atoms with E-state index in [1.54, 1.807) is 6.07 Å². The summed E-state index contributed by atoms with van der Waals surface area (Å²) in [5.41, 5.74) is 2.78. The SMILES string of the molecule is CCCCCn1nc(C(=O)N2CCC(c3c[nH]c4ccccc34)CC2)c2ccccc2c1=O. The molecule has 1 amide bonds. The fraction of sp³-hybridized carbons (Fsp3) is 0.370. The third kappa shape index (κ3) is 4.06. The van der Waals surface area contributed by atoms with Crippen molar-refractivity contribution in [2.75, 3.05) is 13.1 Å². The summed E-state index contributed by atoms with van der Waals surface area (Å²) in [6, 6.07) is 15.7. The number of amides is 1. The van der Waals surface area contributed by atoms with Gasteiger partial charge >= 0.3 is 0 Å². The second kappa shape index (κ2) is 9.22. The van der Waals surface area contributed by atoms with Gasteiger partial charge in [-0.1, -0.05) is 56.2 Å². The maximum Gasteiger partial charge on any atom is 0.274 e. The lowest BCUT2D eigenvalue weighted by atomic mass is 9.89. The molecule has 0 unspecified atom stereocenters. The number of para-hydroxylation sites is 1. The van der Waals surface area contributed by atoms with E-state index in [0.717, 1.165) is 37.6 Å². The van der Waals surface area contributed by atoms with Gasteiger partial charge in [-0.05, 0) is 42.9 Å². The Morgan fingerprint density at radius 3 is 2.45 bits per heavy atom. The number of carbonyl (C=O) groups excluding carboxylic acids is 1. The zero-order valence-corrected chi connectivity index (χ0v) is 19.1. The highest BCUT2D eigenvalue weighted by Crippen LogP contribution is 2.33. The van der Waals surface area contributed by atoms with Crippen molar-refractivity contribution in [3.63, 3.8) is 0 Å². The summed E-state index contributed by atoms with van der Waals surface area (Å²) in [6.45, 7) is 4.05. The molecule has 2 aromatic carbocycles. The minimum Gasteiger partial charge on any atom is -0.361 e. The van der Waals surface area contributed by atoms with Crippen molar-refractivity contribution in [3.05, 3.63) is 76.3 Å². The van der Waals surface area contributed by atoms with Gasteiger partial charge in [0.15, 0.2) is 5.69 Å². The number of aromatic amines is 1. The number of hydrogen-bond acceptors (Lipinski definition) is 3. The van der Waals surface area contributed by atoms with E-state index in [-0.39, 0.29) is 11.5 Å². The second-order valence-electron chi connectivity index (χ2n) is 8.99. The van der Waals surface area contributed by atoms with Gasteiger partial charge in [-0.3, -0.25) is 9.59 Å². The summed E-state index contributed by atoms with van der Waals surface area (Å²) in [6.07, 6.45) is 6.94. The molecule has 2 aromatic heterocycles. The predicted octanol–water partition coefficient (Wildman–Crippen LogP) is 5.09. The number of carbonyl (C=O) groups is 1. The number of hydrogen-bond donors (Lipinski definition) is 1.